The normalized spacial score (nSPS) is 23.2. The number of hydrogen-bond donors (Lipinski definition) is 1. The van der Waals surface area contributed by atoms with Crippen LogP contribution in [0.3, 0.4) is 0 Å². The molecule has 7 heteroatoms. The van der Waals surface area contributed by atoms with Gasteiger partial charge in [0.2, 0.25) is 0 Å². The number of benzene rings is 1. The molecule has 3 atom stereocenters. The molecule has 2 aromatic rings. The molecule has 0 radical (unpaired) electrons. The van der Waals surface area contributed by atoms with Crippen molar-refractivity contribution in [3.8, 4) is 0 Å². The Morgan fingerprint density at radius 1 is 1.15 bits per heavy atom. The van der Waals surface area contributed by atoms with Crippen molar-refractivity contribution in [3.63, 3.8) is 0 Å². The molecule has 2 aliphatic rings. The lowest BCUT2D eigenvalue weighted by Gasteiger charge is -2.36. The van der Waals surface area contributed by atoms with Gasteiger partial charge in [-0.2, -0.15) is 0 Å². The monoisotopic (exact) mass is 488 g/mol. The van der Waals surface area contributed by atoms with Gasteiger partial charge in [-0.25, -0.2) is 0 Å². The Morgan fingerprint density at radius 2 is 1.82 bits per heavy atom. The van der Waals surface area contributed by atoms with Crippen LogP contribution in [0, 0.1) is 11.3 Å². The van der Waals surface area contributed by atoms with Crippen LogP contribution >= 0.6 is 22.9 Å². The summed E-state index contributed by atoms with van der Waals surface area (Å²) >= 11 is 7.82. The van der Waals surface area contributed by atoms with E-state index in [-0.39, 0.29) is 29.4 Å². The second-order valence-corrected chi connectivity index (χ2v) is 11.9. The fourth-order valence-corrected chi connectivity index (χ4v) is 6.49. The standard InChI is InChI=1S/C26H33ClN2O3S/c1-15-13-29(14-16(2)32-15)25(31)22-19-11-10-17(26(3,4)5)12-21(19)33-24(22)28-23(30)18-8-6-7-9-20(18)27/h6-9,15-17H,10-14H2,1-5H3,(H,28,30)/t15-,16-,17-/m1/s1. The molecule has 2 heterocycles. The van der Waals surface area contributed by atoms with Crippen molar-refractivity contribution >= 4 is 39.8 Å². The minimum Gasteiger partial charge on any atom is -0.372 e. The zero-order valence-corrected chi connectivity index (χ0v) is 21.6. The number of carbonyl (C=O) groups excluding carboxylic acids is 2. The lowest BCUT2D eigenvalue weighted by molar-refractivity contribution is -0.0586. The van der Waals surface area contributed by atoms with Crippen LogP contribution in [0.25, 0.3) is 0 Å². The molecule has 33 heavy (non-hydrogen) atoms. The Bertz CT molecular complexity index is 1050. The zero-order valence-electron chi connectivity index (χ0n) is 20.0. The number of nitrogens with one attached hydrogen (secondary N) is 1. The third kappa shape index (κ3) is 5.13. The first-order chi connectivity index (χ1) is 15.5. The molecule has 1 aliphatic carbocycles. The van der Waals surface area contributed by atoms with Crippen molar-refractivity contribution in [2.24, 2.45) is 11.3 Å². The lowest BCUT2D eigenvalue weighted by Crippen LogP contribution is -2.48. The summed E-state index contributed by atoms with van der Waals surface area (Å²) in [5.74, 6) is 0.240. The number of thiophene rings is 1. The highest BCUT2D eigenvalue weighted by Gasteiger charge is 2.36. The highest BCUT2D eigenvalue weighted by atomic mass is 35.5. The van der Waals surface area contributed by atoms with Crippen LogP contribution in [-0.2, 0) is 17.6 Å². The Hall–Kier alpha value is -1.89. The number of nitrogens with zero attached hydrogens (tertiary/aromatic N) is 1. The van der Waals surface area contributed by atoms with Crippen molar-refractivity contribution < 1.29 is 14.3 Å². The maximum absolute atomic E-state index is 13.8. The minimum absolute atomic E-state index is 0.0152. The summed E-state index contributed by atoms with van der Waals surface area (Å²) < 4.78 is 5.84. The first kappa shape index (κ1) is 24.2. The van der Waals surface area contributed by atoms with Gasteiger partial charge in [0.1, 0.15) is 5.00 Å². The van der Waals surface area contributed by atoms with E-state index in [1.807, 2.05) is 18.7 Å². The molecule has 0 saturated carbocycles. The number of hydrogen-bond acceptors (Lipinski definition) is 4. The Balaban J connectivity index is 1.71. The molecule has 1 N–H and O–H groups in total. The molecule has 4 rings (SSSR count). The van der Waals surface area contributed by atoms with Gasteiger partial charge in [-0.1, -0.05) is 44.5 Å². The van der Waals surface area contributed by atoms with E-state index < -0.39 is 0 Å². The van der Waals surface area contributed by atoms with Crippen LogP contribution in [0.5, 0.6) is 0 Å². The van der Waals surface area contributed by atoms with E-state index in [9.17, 15) is 9.59 Å². The van der Waals surface area contributed by atoms with Crippen LogP contribution in [-0.4, -0.2) is 42.0 Å². The van der Waals surface area contributed by atoms with Gasteiger partial charge in [0.25, 0.3) is 11.8 Å². The van der Waals surface area contributed by atoms with E-state index in [2.05, 4.69) is 26.1 Å². The number of fused-ring (bicyclic) bond motifs is 1. The molecule has 1 saturated heterocycles. The van der Waals surface area contributed by atoms with Crippen LogP contribution in [0.4, 0.5) is 5.00 Å². The van der Waals surface area contributed by atoms with E-state index >= 15 is 0 Å². The fraction of sp³-hybridized carbons (Fsp3) is 0.538. The van der Waals surface area contributed by atoms with Crippen molar-refractivity contribution in [2.75, 3.05) is 18.4 Å². The zero-order chi connectivity index (χ0) is 23.9. The molecule has 0 spiro atoms. The van der Waals surface area contributed by atoms with Gasteiger partial charge in [0.05, 0.1) is 28.4 Å². The summed E-state index contributed by atoms with van der Waals surface area (Å²) in [5, 5.41) is 4.07. The van der Waals surface area contributed by atoms with Crippen LogP contribution < -0.4 is 5.32 Å². The summed E-state index contributed by atoms with van der Waals surface area (Å²) in [5.41, 5.74) is 2.36. The Kier molecular flexibility index (Phi) is 6.90. The maximum Gasteiger partial charge on any atom is 0.257 e. The van der Waals surface area contributed by atoms with Gasteiger partial charge in [0, 0.05) is 18.0 Å². The highest BCUT2D eigenvalue weighted by Crippen LogP contribution is 2.45. The predicted molar refractivity (Wildman–Crippen MR) is 135 cm³/mol. The second-order valence-electron chi connectivity index (χ2n) is 10.4. The van der Waals surface area contributed by atoms with Gasteiger partial charge < -0.3 is 15.0 Å². The van der Waals surface area contributed by atoms with Gasteiger partial charge in [-0.3, -0.25) is 9.59 Å². The maximum atomic E-state index is 13.8. The summed E-state index contributed by atoms with van der Waals surface area (Å²) in [6.45, 7) is 11.9. The van der Waals surface area contributed by atoms with E-state index in [0.717, 1.165) is 24.8 Å². The second kappa shape index (κ2) is 9.40. The van der Waals surface area contributed by atoms with Crippen molar-refractivity contribution in [1.82, 2.24) is 4.90 Å². The summed E-state index contributed by atoms with van der Waals surface area (Å²) in [7, 11) is 0. The minimum atomic E-state index is -0.288. The fourth-order valence-electron chi connectivity index (χ4n) is 4.96. The topological polar surface area (TPSA) is 58.6 Å². The average Bonchev–Trinajstić information content (AvgIpc) is 3.09. The number of amides is 2. The largest absolute Gasteiger partial charge is 0.372 e. The molecular weight excluding hydrogens is 456 g/mol. The number of anilines is 1. The van der Waals surface area contributed by atoms with E-state index in [4.69, 9.17) is 16.3 Å². The van der Waals surface area contributed by atoms with Crippen LogP contribution in [0.2, 0.25) is 5.02 Å². The van der Waals surface area contributed by atoms with Gasteiger partial charge in [-0.15, -0.1) is 11.3 Å². The molecule has 5 nitrogen and oxygen atoms in total. The third-order valence-electron chi connectivity index (χ3n) is 6.76. The molecule has 1 fully saturated rings. The highest BCUT2D eigenvalue weighted by molar-refractivity contribution is 7.17. The number of rotatable bonds is 3. The van der Waals surface area contributed by atoms with Crippen molar-refractivity contribution in [1.29, 1.82) is 0 Å². The summed E-state index contributed by atoms with van der Waals surface area (Å²) in [6, 6.07) is 6.99. The number of morpholine rings is 1. The average molecular weight is 489 g/mol. The van der Waals surface area contributed by atoms with Crippen molar-refractivity contribution in [3.05, 3.63) is 50.9 Å². The van der Waals surface area contributed by atoms with E-state index in [0.29, 0.717) is 40.2 Å². The molecule has 1 aromatic carbocycles. The molecule has 1 aromatic heterocycles. The summed E-state index contributed by atoms with van der Waals surface area (Å²) in [4.78, 5) is 30.0. The first-order valence-electron chi connectivity index (χ1n) is 11.7. The Labute approximate surface area is 205 Å². The predicted octanol–water partition coefficient (Wildman–Crippen LogP) is 6.05. The summed E-state index contributed by atoms with van der Waals surface area (Å²) in [6.07, 6.45) is 2.80. The van der Waals surface area contributed by atoms with Gasteiger partial charge in [-0.05, 0) is 62.1 Å². The number of ether oxygens (including phenoxy) is 1. The van der Waals surface area contributed by atoms with Gasteiger partial charge >= 0.3 is 0 Å². The first-order valence-corrected chi connectivity index (χ1v) is 12.9. The molecular formula is C26H33ClN2O3S. The molecule has 0 unspecified atom stereocenters. The number of carbonyl (C=O) groups is 2. The molecule has 1 aliphatic heterocycles. The van der Waals surface area contributed by atoms with Crippen LogP contribution in [0.15, 0.2) is 24.3 Å². The molecule has 178 valence electrons. The quantitative estimate of drug-likeness (QED) is 0.571. The number of halogens is 1. The molecule has 2 amide bonds. The smallest absolute Gasteiger partial charge is 0.257 e. The van der Waals surface area contributed by atoms with Crippen LogP contribution in [0.1, 0.15) is 72.2 Å². The van der Waals surface area contributed by atoms with Crippen molar-refractivity contribution in [2.45, 2.75) is 66.1 Å². The third-order valence-corrected chi connectivity index (χ3v) is 8.26. The SMILES string of the molecule is C[C@@H]1CN(C(=O)c2c(NC(=O)c3ccccc3Cl)sc3c2CC[C@@H](C(C)(C)C)C3)C[C@@H](C)O1. The van der Waals surface area contributed by atoms with E-state index in [1.165, 1.54) is 4.88 Å². The van der Waals surface area contributed by atoms with Gasteiger partial charge in [0.15, 0.2) is 0 Å². The Morgan fingerprint density at radius 3 is 2.45 bits per heavy atom. The van der Waals surface area contributed by atoms with E-state index in [1.54, 1.807) is 35.6 Å². The molecule has 0 bridgehead atoms. The lowest BCUT2D eigenvalue weighted by atomic mass is 9.72.